The fourth-order valence-corrected chi connectivity index (χ4v) is 1.80. The second kappa shape index (κ2) is 8.55. The van der Waals surface area contributed by atoms with Crippen LogP contribution in [0.1, 0.15) is 5.56 Å². The van der Waals surface area contributed by atoms with E-state index in [2.05, 4.69) is 4.74 Å². The minimum Gasteiger partial charge on any atom is -0.479 e. The van der Waals surface area contributed by atoms with E-state index in [-0.39, 0.29) is 13.2 Å². The van der Waals surface area contributed by atoms with Gasteiger partial charge in [0.05, 0.1) is 13.2 Å². The monoisotopic (exact) mass is 318 g/mol. The molecule has 0 saturated heterocycles. The van der Waals surface area contributed by atoms with Crippen molar-refractivity contribution in [3.63, 3.8) is 0 Å². The highest BCUT2D eigenvalue weighted by atomic mass is 19.4. The molecule has 1 aromatic rings. The summed E-state index contributed by atoms with van der Waals surface area (Å²) in [7, 11) is 0.928. The maximum absolute atomic E-state index is 12.9. The van der Waals surface area contributed by atoms with Gasteiger partial charge in [0, 0.05) is 7.11 Å². The molecular formula is C15H17F3O4. The lowest BCUT2D eigenvalue weighted by Crippen LogP contribution is -2.39. The summed E-state index contributed by atoms with van der Waals surface area (Å²) in [4.78, 5) is 10.8. The average molecular weight is 318 g/mol. The minimum atomic E-state index is -4.71. The van der Waals surface area contributed by atoms with Crippen LogP contribution in [0.25, 0.3) is 0 Å². The fraction of sp³-hybridized carbons (Fsp3) is 0.400. The van der Waals surface area contributed by atoms with Crippen LogP contribution in [-0.4, -0.2) is 37.1 Å². The van der Waals surface area contributed by atoms with Gasteiger partial charge >= 0.3 is 12.1 Å². The van der Waals surface area contributed by atoms with Gasteiger partial charge in [-0.15, -0.1) is 0 Å². The van der Waals surface area contributed by atoms with E-state index in [1.54, 1.807) is 0 Å². The predicted octanol–water partition coefficient (Wildman–Crippen LogP) is 3.04. The second-order valence-electron chi connectivity index (χ2n) is 4.49. The number of ether oxygens (including phenoxy) is 2. The Bertz CT molecular complexity index is 485. The number of carbonyl (C=O) groups is 1. The molecule has 0 fully saturated rings. The standard InChI is InChI=1S/C15H17F3O4/c1-21-13(14(19)20)12(15(16,17)18)8-5-9-22-10-11-6-3-2-4-7-11/h2-8,12-13H,9-10H2,1H3,(H,19,20)/b8-5+/t12-,13-/m0/s1. The van der Waals surface area contributed by atoms with Crippen molar-refractivity contribution in [2.75, 3.05) is 13.7 Å². The van der Waals surface area contributed by atoms with Crippen LogP contribution in [0, 0.1) is 5.92 Å². The molecule has 0 spiro atoms. The van der Waals surface area contributed by atoms with Crippen LogP contribution >= 0.6 is 0 Å². The third kappa shape index (κ3) is 5.87. The number of alkyl halides is 3. The van der Waals surface area contributed by atoms with Crippen molar-refractivity contribution in [1.82, 2.24) is 0 Å². The SMILES string of the molecule is CO[C@H](C(=O)O)[C@H](/C=C/COCc1ccccc1)C(F)(F)F. The van der Waals surface area contributed by atoms with Gasteiger partial charge in [0.15, 0.2) is 6.10 Å². The Morgan fingerprint density at radius 3 is 2.45 bits per heavy atom. The highest BCUT2D eigenvalue weighted by Crippen LogP contribution is 2.31. The molecule has 7 heteroatoms. The molecule has 0 radical (unpaired) electrons. The molecule has 1 rings (SSSR count). The number of aliphatic carboxylic acids is 1. The van der Waals surface area contributed by atoms with E-state index < -0.39 is 24.2 Å². The van der Waals surface area contributed by atoms with Crippen LogP contribution in [0.15, 0.2) is 42.5 Å². The number of rotatable bonds is 8. The largest absolute Gasteiger partial charge is 0.479 e. The molecule has 2 atom stereocenters. The van der Waals surface area contributed by atoms with Crippen LogP contribution in [0.4, 0.5) is 13.2 Å². The maximum Gasteiger partial charge on any atom is 0.398 e. The first-order chi connectivity index (χ1) is 10.4. The summed E-state index contributed by atoms with van der Waals surface area (Å²) in [6.45, 7) is 0.200. The molecule has 0 aliphatic rings. The number of methoxy groups -OCH3 is 1. The Morgan fingerprint density at radius 2 is 1.95 bits per heavy atom. The molecule has 0 bridgehead atoms. The maximum atomic E-state index is 12.9. The first-order valence-electron chi connectivity index (χ1n) is 6.47. The van der Waals surface area contributed by atoms with Gasteiger partial charge in [0.2, 0.25) is 0 Å². The van der Waals surface area contributed by atoms with E-state index in [9.17, 15) is 18.0 Å². The van der Waals surface area contributed by atoms with Gasteiger partial charge < -0.3 is 14.6 Å². The normalized spacial score (nSPS) is 14.9. The number of benzene rings is 1. The van der Waals surface area contributed by atoms with Crippen molar-refractivity contribution in [1.29, 1.82) is 0 Å². The summed E-state index contributed by atoms with van der Waals surface area (Å²) in [6.07, 6.45) is -4.79. The van der Waals surface area contributed by atoms with Crippen molar-refractivity contribution in [3.8, 4) is 0 Å². The fourth-order valence-electron chi connectivity index (χ4n) is 1.80. The van der Waals surface area contributed by atoms with Crippen molar-refractivity contribution < 1.29 is 32.5 Å². The van der Waals surface area contributed by atoms with E-state index in [0.717, 1.165) is 24.8 Å². The zero-order valence-electron chi connectivity index (χ0n) is 11.9. The lowest BCUT2D eigenvalue weighted by atomic mass is 10.0. The number of halogens is 3. The first-order valence-corrected chi connectivity index (χ1v) is 6.47. The molecule has 0 unspecified atom stereocenters. The zero-order chi connectivity index (χ0) is 16.6. The Morgan fingerprint density at radius 1 is 1.32 bits per heavy atom. The minimum absolute atomic E-state index is 0.0580. The zero-order valence-corrected chi connectivity index (χ0v) is 11.9. The second-order valence-corrected chi connectivity index (χ2v) is 4.49. The van der Waals surface area contributed by atoms with E-state index in [4.69, 9.17) is 9.84 Å². The molecular weight excluding hydrogens is 301 g/mol. The number of carboxylic acid groups (broad SMARTS) is 1. The summed E-state index contributed by atoms with van der Waals surface area (Å²) < 4.78 is 48.2. The summed E-state index contributed by atoms with van der Waals surface area (Å²) in [5, 5.41) is 8.77. The van der Waals surface area contributed by atoms with Crippen molar-refractivity contribution in [2.45, 2.75) is 18.9 Å². The lowest BCUT2D eigenvalue weighted by Gasteiger charge is -2.22. The quantitative estimate of drug-likeness (QED) is 0.591. The van der Waals surface area contributed by atoms with E-state index in [1.165, 1.54) is 0 Å². The molecule has 0 saturated carbocycles. The molecule has 1 N–H and O–H groups in total. The highest BCUT2D eigenvalue weighted by Gasteiger charge is 2.46. The van der Waals surface area contributed by atoms with Crippen LogP contribution in [0.3, 0.4) is 0 Å². The molecule has 0 heterocycles. The van der Waals surface area contributed by atoms with Gasteiger partial charge in [-0.1, -0.05) is 42.5 Å². The molecule has 122 valence electrons. The van der Waals surface area contributed by atoms with E-state index >= 15 is 0 Å². The Balaban J connectivity index is 2.57. The predicted molar refractivity (Wildman–Crippen MR) is 73.2 cm³/mol. The van der Waals surface area contributed by atoms with Gasteiger partial charge in [-0.3, -0.25) is 0 Å². The molecule has 22 heavy (non-hydrogen) atoms. The van der Waals surface area contributed by atoms with Gasteiger partial charge in [0.1, 0.15) is 5.92 Å². The van der Waals surface area contributed by atoms with Gasteiger partial charge in [-0.25, -0.2) is 4.79 Å². The van der Waals surface area contributed by atoms with Crippen LogP contribution in [0.5, 0.6) is 0 Å². The molecule has 0 amide bonds. The molecule has 0 aromatic heterocycles. The summed E-state index contributed by atoms with van der Waals surface area (Å²) in [5.41, 5.74) is 0.892. The van der Waals surface area contributed by atoms with Gasteiger partial charge in [-0.05, 0) is 5.56 Å². The van der Waals surface area contributed by atoms with Crippen molar-refractivity contribution >= 4 is 5.97 Å². The third-order valence-corrected chi connectivity index (χ3v) is 2.87. The van der Waals surface area contributed by atoms with Gasteiger partial charge in [-0.2, -0.15) is 13.2 Å². The number of hydrogen-bond acceptors (Lipinski definition) is 3. The number of hydrogen-bond donors (Lipinski definition) is 1. The molecule has 0 aliphatic heterocycles. The van der Waals surface area contributed by atoms with Crippen LogP contribution < -0.4 is 0 Å². The average Bonchev–Trinajstić information content (AvgIpc) is 2.45. The van der Waals surface area contributed by atoms with Crippen molar-refractivity contribution in [3.05, 3.63) is 48.0 Å². The molecule has 4 nitrogen and oxygen atoms in total. The molecule has 0 aliphatic carbocycles. The summed E-state index contributed by atoms with van der Waals surface area (Å²) >= 11 is 0. The Kier molecular flexibility index (Phi) is 7.07. The summed E-state index contributed by atoms with van der Waals surface area (Å²) in [6, 6.07) is 9.14. The third-order valence-electron chi connectivity index (χ3n) is 2.87. The van der Waals surface area contributed by atoms with E-state index in [1.807, 2.05) is 30.3 Å². The van der Waals surface area contributed by atoms with E-state index in [0.29, 0.717) is 0 Å². The smallest absolute Gasteiger partial charge is 0.398 e. The topological polar surface area (TPSA) is 55.8 Å². The van der Waals surface area contributed by atoms with Gasteiger partial charge in [0.25, 0.3) is 0 Å². The Hall–Kier alpha value is -1.86. The molecule has 1 aromatic carbocycles. The van der Waals surface area contributed by atoms with Crippen molar-refractivity contribution in [2.24, 2.45) is 5.92 Å². The Labute approximate surface area is 126 Å². The van der Waals surface area contributed by atoms with Crippen LogP contribution in [0.2, 0.25) is 0 Å². The lowest BCUT2D eigenvalue weighted by molar-refractivity contribution is -0.198. The number of carboxylic acids is 1. The summed E-state index contributed by atoms with van der Waals surface area (Å²) in [5.74, 6) is -3.89. The highest BCUT2D eigenvalue weighted by molar-refractivity contribution is 5.73. The first kappa shape index (κ1) is 18.2. The van der Waals surface area contributed by atoms with Crippen LogP contribution in [-0.2, 0) is 20.9 Å².